The molecule has 3 heteroatoms. The lowest BCUT2D eigenvalue weighted by Crippen LogP contribution is -2.17. The van der Waals surface area contributed by atoms with Crippen LogP contribution >= 0.6 is 0 Å². The topological polar surface area (TPSA) is 38.0 Å². The minimum atomic E-state index is -0.434. The summed E-state index contributed by atoms with van der Waals surface area (Å²) in [5.74, 6) is 0.971. The average molecular weight is 242 g/mol. The first-order valence-electron chi connectivity index (χ1n) is 6.52. The zero-order valence-corrected chi connectivity index (χ0v) is 10.6. The summed E-state index contributed by atoms with van der Waals surface area (Å²) in [5.41, 5.74) is 2.36. The van der Waals surface area contributed by atoms with E-state index in [1.807, 2.05) is 31.3 Å². The monoisotopic (exact) mass is 242 g/mol. The molecule has 0 fully saturated rings. The third-order valence-corrected chi connectivity index (χ3v) is 3.90. The van der Waals surface area contributed by atoms with Gasteiger partial charge in [-0.25, -0.2) is 4.98 Å². The average Bonchev–Trinajstić information content (AvgIpc) is 2.73. The van der Waals surface area contributed by atoms with E-state index in [1.165, 1.54) is 5.56 Å². The maximum absolute atomic E-state index is 10.6. The Hall–Kier alpha value is -1.61. The van der Waals surface area contributed by atoms with Crippen LogP contribution in [0.4, 0.5) is 0 Å². The standard InChI is InChI=1S/C15H18N2O/c1-11-16-9-10-17(11)14-8-4-6-12-5-2-3-7-13(12)15(14)18/h2-3,5,7,9-10,14-15,18H,4,6,8H2,1H3. The van der Waals surface area contributed by atoms with E-state index in [-0.39, 0.29) is 6.04 Å². The SMILES string of the molecule is Cc1nccn1C1CCCc2ccccc2C1O. The van der Waals surface area contributed by atoms with E-state index >= 15 is 0 Å². The lowest BCUT2D eigenvalue weighted by atomic mass is 9.99. The summed E-state index contributed by atoms with van der Waals surface area (Å²) in [6.07, 6.45) is 6.49. The van der Waals surface area contributed by atoms with Crippen molar-refractivity contribution >= 4 is 0 Å². The first-order valence-corrected chi connectivity index (χ1v) is 6.52. The van der Waals surface area contributed by atoms with Crippen molar-refractivity contribution in [1.82, 2.24) is 9.55 Å². The maximum atomic E-state index is 10.6. The molecule has 0 radical (unpaired) electrons. The van der Waals surface area contributed by atoms with Crippen LogP contribution in [0.2, 0.25) is 0 Å². The van der Waals surface area contributed by atoms with Crippen LogP contribution in [0, 0.1) is 6.92 Å². The number of aliphatic hydroxyl groups excluding tert-OH is 1. The Labute approximate surface area is 107 Å². The van der Waals surface area contributed by atoms with Crippen LogP contribution in [-0.4, -0.2) is 14.7 Å². The van der Waals surface area contributed by atoms with Gasteiger partial charge in [0.2, 0.25) is 0 Å². The van der Waals surface area contributed by atoms with Crippen LogP contribution in [0.15, 0.2) is 36.7 Å². The largest absolute Gasteiger partial charge is 0.386 e. The van der Waals surface area contributed by atoms with Crippen LogP contribution in [0.5, 0.6) is 0 Å². The molecule has 1 N–H and O–H groups in total. The zero-order chi connectivity index (χ0) is 12.5. The van der Waals surface area contributed by atoms with Crippen molar-refractivity contribution < 1.29 is 5.11 Å². The van der Waals surface area contributed by atoms with Crippen molar-refractivity contribution in [3.8, 4) is 0 Å². The van der Waals surface area contributed by atoms with Crippen LogP contribution < -0.4 is 0 Å². The number of aryl methyl sites for hydroxylation is 2. The Morgan fingerprint density at radius 2 is 2.17 bits per heavy atom. The zero-order valence-electron chi connectivity index (χ0n) is 10.6. The van der Waals surface area contributed by atoms with Crippen molar-refractivity contribution in [2.75, 3.05) is 0 Å². The molecule has 2 atom stereocenters. The molecular formula is C15H18N2O. The molecule has 0 spiro atoms. The Balaban J connectivity index is 2.02. The summed E-state index contributed by atoms with van der Waals surface area (Å²) in [4.78, 5) is 4.26. The van der Waals surface area contributed by atoms with Crippen LogP contribution in [-0.2, 0) is 6.42 Å². The summed E-state index contributed by atoms with van der Waals surface area (Å²) in [5, 5.41) is 10.6. The first-order chi connectivity index (χ1) is 8.77. The first kappa shape index (κ1) is 11.5. The second-order valence-corrected chi connectivity index (χ2v) is 4.98. The molecule has 3 rings (SSSR count). The normalized spacial score (nSPS) is 23.4. The minimum absolute atomic E-state index is 0.108. The van der Waals surface area contributed by atoms with Gasteiger partial charge in [0.05, 0.1) is 12.1 Å². The fraction of sp³-hybridized carbons (Fsp3) is 0.400. The molecule has 0 saturated carbocycles. The smallest absolute Gasteiger partial charge is 0.105 e. The molecule has 1 aliphatic carbocycles. The fourth-order valence-electron chi connectivity index (χ4n) is 2.95. The Morgan fingerprint density at radius 1 is 1.33 bits per heavy atom. The van der Waals surface area contributed by atoms with Gasteiger partial charge in [0.15, 0.2) is 0 Å². The number of imidazole rings is 1. The van der Waals surface area contributed by atoms with E-state index < -0.39 is 6.10 Å². The Bertz CT molecular complexity index is 547. The second kappa shape index (κ2) is 4.58. The van der Waals surface area contributed by atoms with Gasteiger partial charge in [0, 0.05) is 12.4 Å². The summed E-state index contributed by atoms with van der Waals surface area (Å²) in [6.45, 7) is 1.99. The lowest BCUT2D eigenvalue weighted by molar-refractivity contribution is 0.109. The number of hydrogen-bond acceptors (Lipinski definition) is 2. The number of hydrogen-bond donors (Lipinski definition) is 1. The van der Waals surface area contributed by atoms with Crippen molar-refractivity contribution in [2.24, 2.45) is 0 Å². The van der Waals surface area contributed by atoms with E-state index in [1.54, 1.807) is 6.20 Å². The van der Waals surface area contributed by atoms with Crippen molar-refractivity contribution in [3.63, 3.8) is 0 Å². The fourth-order valence-corrected chi connectivity index (χ4v) is 2.95. The minimum Gasteiger partial charge on any atom is -0.386 e. The number of nitrogens with zero attached hydrogens (tertiary/aromatic N) is 2. The Morgan fingerprint density at radius 3 is 2.94 bits per heavy atom. The molecular weight excluding hydrogens is 224 g/mol. The molecule has 1 aromatic carbocycles. The van der Waals surface area contributed by atoms with Gasteiger partial charge in [0.25, 0.3) is 0 Å². The molecule has 0 aliphatic heterocycles. The van der Waals surface area contributed by atoms with Gasteiger partial charge in [-0.05, 0) is 37.3 Å². The van der Waals surface area contributed by atoms with Gasteiger partial charge >= 0.3 is 0 Å². The van der Waals surface area contributed by atoms with E-state index in [9.17, 15) is 5.11 Å². The predicted molar refractivity (Wildman–Crippen MR) is 70.3 cm³/mol. The van der Waals surface area contributed by atoms with E-state index in [2.05, 4.69) is 15.6 Å². The third-order valence-electron chi connectivity index (χ3n) is 3.90. The van der Waals surface area contributed by atoms with Gasteiger partial charge in [0.1, 0.15) is 5.82 Å². The maximum Gasteiger partial charge on any atom is 0.105 e. The van der Waals surface area contributed by atoms with E-state index in [0.29, 0.717) is 0 Å². The van der Waals surface area contributed by atoms with E-state index in [4.69, 9.17) is 0 Å². The van der Waals surface area contributed by atoms with Gasteiger partial charge in [-0.1, -0.05) is 24.3 Å². The highest BCUT2D eigenvalue weighted by Crippen LogP contribution is 2.36. The molecule has 1 heterocycles. The highest BCUT2D eigenvalue weighted by Gasteiger charge is 2.27. The Kier molecular flexibility index (Phi) is 2.92. The molecule has 3 nitrogen and oxygen atoms in total. The molecule has 94 valence electrons. The quantitative estimate of drug-likeness (QED) is 0.781. The molecule has 2 aromatic rings. The predicted octanol–water partition coefficient (Wildman–Crippen LogP) is 2.80. The summed E-state index contributed by atoms with van der Waals surface area (Å²) >= 11 is 0. The highest BCUT2D eigenvalue weighted by atomic mass is 16.3. The van der Waals surface area contributed by atoms with Crippen LogP contribution in [0.3, 0.4) is 0 Å². The number of benzene rings is 1. The van der Waals surface area contributed by atoms with Crippen LogP contribution in [0.1, 0.15) is 41.9 Å². The van der Waals surface area contributed by atoms with Crippen molar-refractivity contribution in [3.05, 3.63) is 53.6 Å². The summed E-state index contributed by atoms with van der Waals surface area (Å²) in [7, 11) is 0. The second-order valence-electron chi connectivity index (χ2n) is 4.98. The molecule has 0 bridgehead atoms. The molecule has 1 aliphatic rings. The van der Waals surface area contributed by atoms with Crippen LogP contribution in [0.25, 0.3) is 0 Å². The molecule has 0 saturated heterocycles. The molecule has 0 amide bonds. The number of aromatic nitrogens is 2. The number of rotatable bonds is 1. The third kappa shape index (κ3) is 1.85. The summed E-state index contributed by atoms with van der Waals surface area (Å²) < 4.78 is 2.10. The molecule has 18 heavy (non-hydrogen) atoms. The number of aliphatic hydroxyl groups is 1. The van der Waals surface area contributed by atoms with Gasteiger partial charge in [-0.3, -0.25) is 0 Å². The van der Waals surface area contributed by atoms with Gasteiger partial charge in [-0.15, -0.1) is 0 Å². The van der Waals surface area contributed by atoms with Gasteiger partial charge < -0.3 is 9.67 Å². The summed E-state index contributed by atoms with van der Waals surface area (Å²) in [6, 6.07) is 8.34. The molecule has 2 unspecified atom stereocenters. The van der Waals surface area contributed by atoms with Crippen molar-refractivity contribution in [1.29, 1.82) is 0 Å². The number of fused-ring (bicyclic) bond motifs is 1. The highest BCUT2D eigenvalue weighted by molar-refractivity contribution is 5.31. The lowest BCUT2D eigenvalue weighted by Gasteiger charge is -2.24. The molecule has 1 aromatic heterocycles. The van der Waals surface area contributed by atoms with Crippen molar-refractivity contribution in [2.45, 2.75) is 38.3 Å². The van der Waals surface area contributed by atoms with Gasteiger partial charge in [-0.2, -0.15) is 0 Å². The van der Waals surface area contributed by atoms with E-state index in [0.717, 1.165) is 30.7 Å².